The summed E-state index contributed by atoms with van der Waals surface area (Å²) in [6.45, 7) is 5.68. The van der Waals surface area contributed by atoms with Gasteiger partial charge in [0.15, 0.2) is 5.82 Å². The third-order valence-electron chi connectivity index (χ3n) is 2.01. The average Bonchev–Trinajstić information content (AvgIpc) is 2.45. The van der Waals surface area contributed by atoms with Gasteiger partial charge in [0.05, 0.1) is 6.20 Å². The van der Waals surface area contributed by atoms with E-state index in [9.17, 15) is 9.18 Å². The van der Waals surface area contributed by atoms with E-state index in [2.05, 4.69) is 10.4 Å². The van der Waals surface area contributed by atoms with E-state index < -0.39 is 0 Å². The van der Waals surface area contributed by atoms with Crippen molar-refractivity contribution >= 4 is 5.91 Å². The van der Waals surface area contributed by atoms with E-state index in [1.165, 1.54) is 17.9 Å². The van der Waals surface area contributed by atoms with Gasteiger partial charge in [0, 0.05) is 12.5 Å². The van der Waals surface area contributed by atoms with Crippen molar-refractivity contribution in [3.05, 3.63) is 17.7 Å². The molecule has 0 spiro atoms. The Balaban J connectivity index is 2.91. The molecule has 84 valence electrons. The van der Waals surface area contributed by atoms with Crippen LogP contribution in [0.4, 0.5) is 4.39 Å². The Bertz CT molecular complexity index is 365. The second-order valence-electron chi connectivity index (χ2n) is 4.45. The summed E-state index contributed by atoms with van der Waals surface area (Å²) in [5.74, 6) is -0.565. The van der Waals surface area contributed by atoms with Gasteiger partial charge in [0.25, 0.3) is 0 Å². The molecule has 1 aromatic heterocycles. The van der Waals surface area contributed by atoms with Gasteiger partial charge in [-0.15, -0.1) is 0 Å². The Morgan fingerprint density at radius 3 is 2.60 bits per heavy atom. The zero-order valence-corrected chi connectivity index (χ0v) is 9.47. The number of halogens is 1. The summed E-state index contributed by atoms with van der Waals surface area (Å²) in [4.78, 5) is 11.1. The first-order chi connectivity index (χ1) is 6.84. The van der Waals surface area contributed by atoms with Gasteiger partial charge in [0.1, 0.15) is 12.2 Å². The van der Waals surface area contributed by atoms with Gasteiger partial charge in [-0.1, -0.05) is 20.8 Å². The topological polar surface area (TPSA) is 46.9 Å². The van der Waals surface area contributed by atoms with Crippen LogP contribution in [0.3, 0.4) is 0 Å². The number of hydrogen-bond acceptors (Lipinski definition) is 2. The number of carbonyl (C=O) groups excluding carboxylic acids is 1. The predicted molar refractivity (Wildman–Crippen MR) is 55.0 cm³/mol. The van der Waals surface area contributed by atoms with Gasteiger partial charge in [-0.2, -0.15) is 5.10 Å². The number of rotatable bonds is 2. The number of amides is 1. The lowest BCUT2D eigenvalue weighted by molar-refractivity contribution is -0.121. The number of nitrogens with zero attached hydrogens (tertiary/aromatic N) is 2. The van der Waals surface area contributed by atoms with Crippen molar-refractivity contribution in [3.8, 4) is 0 Å². The highest BCUT2D eigenvalue weighted by Gasteiger charge is 2.22. The van der Waals surface area contributed by atoms with Crippen LogP contribution >= 0.6 is 0 Å². The van der Waals surface area contributed by atoms with Crippen molar-refractivity contribution < 1.29 is 9.18 Å². The number of aromatic nitrogens is 2. The third-order valence-corrected chi connectivity index (χ3v) is 2.01. The molecule has 0 atom stereocenters. The van der Waals surface area contributed by atoms with Crippen molar-refractivity contribution in [2.24, 2.45) is 0 Å². The summed E-state index contributed by atoms with van der Waals surface area (Å²) < 4.78 is 14.8. The van der Waals surface area contributed by atoms with E-state index in [1.54, 1.807) is 0 Å². The van der Waals surface area contributed by atoms with E-state index in [1.807, 2.05) is 20.8 Å². The fraction of sp³-hybridized carbons (Fsp3) is 0.600. The second-order valence-corrected chi connectivity index (χ2v) is 4.45. The van der Waals surface area contributed by atoms with Crippen LogP contribution in [0.15, 0.2) is 6.20 Å². The maximum absolute atomic E-state index is 13.4. The average molecular weight is 213 g/mol. The van der Waals surface area contributed by atoms with Gasteiger partial charge in [0.2, 0.25) is 5.91 Å². The van der Waals surface area contributed by atoms with Crippen LogP contribution < -0.4 is 5.32 Å². The molecule has 4 nitrogen and oxygen atoms in total. The predicted octanol–water partition coefficient (Wildman–Crippen LogP) is 1.07. The van der Waals surface area contributed by atoms with Gasteiger partial charge in [-0.05, 0) is 0 Å². The molecule has 0 aliphatic carbocycles. The molecule has 0 saturated heterocycles. The maximum Gasteiger partial charge on any atom is 0.241 e. The summed E-state index contributed by atoms with van der Waals surface area (Å²) in [5.41, 5.74) is 0.0317. The summed E-state index contributed by atoms with van der Waals surface area (Å²) in [6.07, 6.45) is 1.25. The lowest BCUT2D eigenvalue weighted by atomic mass is 9.92. The summed E-state index contributed by atoms with van der Waals surface area (Å²) in [5, 5.41) is 6.51. The fourth-order valence-electron chi connectivity index (χ4n) is 1.21. The van der Waals surface area contributed by atoms with Gasteiger partial charge >= 0.3 is 0 Å². The number of carbonyl (C=O) groups is 1. The minimum absolute atomic E-state index is 0.0451. The number of nitrogens with one attached hydrogen (secondary N) is 1. The van der Waals surface area contributed by atoms with Crippen LogP contribution in [0, 0.1) is 5.82 Å². The van der Waals surface area contributed by atoms with Gasteiger partial charge < -0.3 is 5.32 Å². The Labute approximate surface area is 88.5 Å². The maximum atomic E-state index is 13.4. The van der Waals surface area contributed by atoms with Crippen LogP contribution in [-0.4, -0.2) is 22.7 Å². The van der Waals surface area contributed by atoms with Crippen LogP contribution in [0.1, 0.15) is 26.5 Å². The molecule has 1 aromatic rings. The quantitative estimate of drug-likeness (QED) is 0.798. The van der Waals surface area contributed by atoms with Crippen LogP contribution in [0.25, 0.3) is 0 Å². The molecule has 0 aliphatic rings. The van der Waals surface area contributed by atoms with E-state index in [0.29, 0.717) is 5.69 Å². The molecule has 0 unspecified atom stereocenters. The molecule has 15 heavy (non-hydrogen) atoms. The van der Waals surface area contributed by atoms with Crippen molar-refractivity contribution in [2.45, 2.75) is 32.7 Å². The van der Waals surface area contributed by atoms with E-state index in [4.69, 9.17) is 0 Å². The summed E-state index contributed by atoms with van der Waals surface area (Å²) in [6, 6.07) is 0. The number of hydrogen-bond donors (Lipinski definition) is 1. The summed E-state index contributed by atoms with van der Waals surface area (Å²) >= 11 is 0. The highest BCUT2D eigenvalue weighted by atomic mass is 19.1. The molecule has 1 heterocycles. The lowest BCUT2D eigenvalue weighted by Gasteiger charge is -2.14. The van der Waals surface area contributed by atoms with Crippen LogP contribution in [-0.2, 0) is 16.8 Å². The minimum Gasteiger partial charge on any atom is -0.358 e. The molecule has 1 amide bonds. The van der Waals surface area contributed by atoms with Crippen LogP contribution in [0.5, 0.6) is 0 Å². The smallest absolute Gasteiger partial charge is 0.241 e. The van der Waals surface area contributed by atoms with Crippen molar-refractivity contribution in [1.29, 1.82) is 0 Å². The minimum atomic E-state index is -0.369. The molecule has 0 aliphatic heterocycles. The molecule has 0 aromatic carbocycles. The Hall–Kier alpha value is -1.39. The van der Waals surface area contributed by atoms with E-state index in [0.717, 1.165) is 0 Å². The molecule has 0 saturated carbocycles. The molecule has 1 rings (SSSR count). The first-order valence-electron chi connectivity index (χ1n) is 4.78. The zero-order chi connectivity index (χ0) is 11.6. The molecule has 1 N–H and O–H groups in total. The Morgan fingerprint density at radius 1 is 1.60 bits per heavy atom. The third kappa shape index (κ3) is 2.78. The molecule has 5 heteroatoms. The Kier molecular flexibility index (Phi) is 3.12. The van der Waals surface area contributed by atoms with Gasteiger partial charge in [-0.25, -0.2) is 4.39 Å². The Morgan fingerprint density at radius 2 is 2.20 bits per heavy atom. The fourth-order valence-corrected chi connectivity index (χ4v) is 1.21. The molecular weight excluding hydrogens is 197 g/mol. The lowest BCUT2D eigenvalue weighted by Crippen LogP contribution is -2.24. The number of likely N-dealkylation sites (N-methyl/N-ethyl adjacent to an activating group) is 1. The van der Waals surface area contributed by atoms with Crippen molar-refractivity contribution in [3.63, 3.8) is 0 Å². The van der Waals surface area contributed by atoms with Gasteiger partial charge in [-0.3, -0.25) is 9.48 Å². The SMILES string of the molecule is CNC(=O)Cn1cc(F)c(C(C)(C)C)n1. The monoisotopic (exact) mass is 213 g/mol. The molecular formula is C10H16FN3O. The van der Waals surface area contributed by atoms with Crippen molar-refractivity contribution in [1.82, 2.24) is 15.1 Å². The highest BCUT2D eigenvalue weighted by molar-refractivity contribution is 5.75. The van der Waals surface area contributed by atoms with Crippen LogP contribution in [0.2, 0.25) is 0 Å². The highest BCUT2D eigenvalue weighted by Crippen LogP contribution is 2.22. The van der Waals surface area contributed by atoms with E-state index in [-0.39, 0.29) is 23.7 Å². The molecule has 0 fully saturated rings. The van der Waals surface area contributed by atoms with Crippen molar-refractivity contribution in [2.75, 3.05) is 7.05 Å². The second kappa shape index (κ2) is 4.00. The largest absolute Gasteiger partial charge is 0.358 e. The molecule has 0 radical (unpaired) electrons. The standard InChI is InChI=1S/C10H16FN3O/c1-10(2,3)9-7(11)5-14(13-9)6-8(15)12-4/h5H,6H2,1-4H3,(H,12,15). The van der Waals surface area contributed by atoms with E-state index >= 15 is 0 Å². The molecule has 0 bridgehead atoms. The first kappa shape index (κ1) is 11.7. The zero-order valence-electron chi connectivity index (χ0n) is 9.47. The normalized spacial score (nSPS) is 11.5. The first-order valence-corrected chi connectivity index (χ1v) is 4.78. The summed E-state index contributed by atoms with van der Waals surface area (Å²) in [7, 11) is 1.53.